The fourth-order valence-electron chi connectivity index (χ4n) is 4.38. The molecule has 2 fully saturated rings. The SMILES string of the molecule is CC[N+]1(C)CCCC1(S(=O)(=O)C(F)(F)C(F)(F)F)S(=O)(=O)C(F)(F)C(F)(F)F.C[N+]1(C)CCCC1. The monoisotopic (exact) mass is 578 g/mol. The molecule has 0 amide bonds. The van der Waals surface area contributed by atoms with E-state index in [0.29, 0.717) is 7.05 Å². The summed E-state index contributed by atoms with van der Waals surface area (Å²) in [5.74, 6) is 0. The molecule has 1 atom stereocenters. The van der Waals surface area contributed by atoms with E-state index < -0.39 is 77.2 Å². The van der Waals surface area contributed by atoms with E-state index in [2.05, 4.69) is 14.1 Å². The lowest BCUT2D eigenvalue weighted by molar-refractivity contribution is -0.916. The number of hydrogen-bond acceptors (Lipinski definition) is 4. The third-order valence-electron chi connectivity index (χ3n) is 6.62. The van der Waals surface area contributed by atoms with Crippen molar-refractivity contribution in [3.63, 3.8) is 0 Å². The molecule has 6 nitrogen and oxygen atoms in total. The Morgan fingerprint density at radius 1 is 0.657 bits per heavy atom. The number of alkyl halides is 10. The van der Waals surface area contributed by atoms with Gasteiger partial charge in [-0.25, -0.2) is 16.8 Å². The van der Waals surface area contributed by atoms with Gasteiger partial charge in [-0.05, 0) is 6.92 Å². The molecule has 35 heavy (non-hydrogen) atoms. The Morgan fingerprint density at radius 2 is 1.00 bits per heavy atom. The minimum Gasteiger partial charge on any atom is -0.328 e. The Balaban J connectivity index is 0.000000744. The van der Waals surface area contributed by atoms with Crippen LogP contribution in [-0.2, 0) is 19.7 Å². The molecule has 2 aliphatic rings. The molecule has 0 aliphatic carbocycles. The molecule has 0 aromatic rings. The first kappa shape index (κ1) is 32.1. The van der Waals surface area contributed by atoms with E-state index in [4.69, 9.17) is 0 Å². The second-order valence-corrected chi connectivity index (χ2v) is 14.0. The normalized spacial score (nSPS) is 25.8. The highest BCUT2D eigenvalue weighted by Crippen LogP contribution is 2.58. The molecular weight excluding hydrogens is 550 g/mol. The van der Waals surface area contributed by atoms with Crippen molar-refractivity contribution in [2.24, 2.45) is 0 Å². The van der Waals surface area contributed by atoms with Crippen molar-refractivity contribution in [2.45, 2.75) is 59.7 Å². The maximum Gasteiger partial charge on any atom is 0.469 e. The van der Waals surface area contributed by atoms with Gasteiger partial charge in [-0.15, -0.1) is 0 Å². The molecule has 0 N–H and O–H groups in total. The average molecular weight is 579 g/mol. The summed E-state index contributed by atoms with van der Waals surface area (Å²) in [6.45, 7) is 1.83. The first-order chi connectivity index (χ1) is 15.2. The highest BCUT2D eigenvalue weighted by atomic mass is 32.3. The number of likely N-dealkylation sites (tertiary alicyclic amines) is 2. The van der Waals surface area contributed by atoms with Gasteiger partial charge in [0.15, 0.2) is 0 Å². The van der Waals surface area contributed by atoms with Gasteiger partial charge in [-0.3, -0.25) is 4.48 Å². The first-order valence-electron chi connectivity index (χ1n) is 10.3. The topological polar surface area (TPSA) is 68.3 Å². The average Bonchev–Trinajstić information content (AvgIpc) is 3.23. The smallest absolute Gasteiger partial charge is 0.328 e. The van der Waals surface area contributed by atoms with E-state index in [-0.39, 0.29) is 0 Å². The summed E-state index contributed by atoms with van der Waals surface area (Å²) in [6.07, 6.45) is -13.7. The predicted molar refractivity (Wildman–Crippen MR) is 104 cm³/mol. The van der Waals surface area contributed by atoms with Crippen LogP contribution >= 0.6 is 0 Å². The molecule has 2 aliphatic heterocycles. The second-order valence-electron chi connectivity index (χ2n) is 9.38. The number of hydrogen-bond donors (Lipinski definition) is 0. The molecule has 0 radical (unpaired) electrons. The van der Waals surface area contributed by atoms with Gasteiger partial charge in [-0.1, -0.05) is 0 Å². The summed E-state index contributed by atoms with van der Waals surface area (Å²) in [4.78, 5) is 0. The molecule has 2 rings (SSSR count). The lowest BCUT2D eigenvalue weighted by Gasteiger charge is -2.45. The van der Waals surface area contributed by atoms with Gasteiger partial charge in [0.25, 0.3) is 19.7 Å². The van der Waals surface area contributed by atoms with Crippen LogP contribution in [0.2, 0.25) is 0 Å². The summed E-state index contributed by atoms with van der Waals surface area (Å²) >= 11 is 0. The van der Waals surface area contributed by atoms with Crippen LogP contribution in [0.3, 0.4) is 0 Å². The van der Waals surface area contributed by atoms with Crippen LogP contribution in [0.15, 0.2) is 0 Å². The lowest BCUT2D eigenvalue weighted by Crippen LogP contribution is -2.73. The molecule has 0 aromatic heterocycles. The number of quaternary nitrogens is 2. The maximum atomic E-state index is 13.8. The molecule has 0 spiro atoms. The third kappa shape index (κ3) is 4.76. The minimum atomic E-state index is -7.53. The Bertz CT molecular complexity index is 927. The number of halogens is 10. The van der Waals surface area contributed by atoms with Crippen molar-refractivity contribution in [1.82, 2.24) is 0 Å². The Hall–Kier alpha value is -0.880. The summed E-state index contributed by atoms with van der Waals surface area (Å²) in [7, 11) is -10.1. The van der Waals surface area contributed by atoms with Gasteiger partial charge in [0, 0.05) is 25.7 Å². The molecule has 210 valence electrons. The van der Waals surface area contributed by atoms with E-state index in [1.807, 2.05) is 0 Å². The largest absolute Gasteiger partial charge is 0.469 e. The van der Waals surface area contributed by atoms with Crippen molar-refractivity contribution in [3.05, 3.63) is 0 Å². The molecule has 0 saturated carbocycles. The van der Waals surface area contributed by atoms with Gasteiger partial charge in [-0.2, -0.15) is 43.9 Å². The summed E-state index contributed by atoms with van der Waals surface area (Å²) in [5, 5.41) is -13.8. The Morgan fingerprint density at radius 3 is 1.23 bits per heavy atom. The number of sulfone groups is 2. The zero-order valence-corrected chi connectivity index (χ0v) is 20.9. The first-order valence-corrected chi connectivity index (χ1v) is 13.2. The minimum absolute atomic E-state index is 0.418. The van der Waals surface area contributed by atoms with Crippen molar-refractivity contribution < 1.29 is 69.7 Å². The fraction of sp³-hybridized carbons (Fsp3) is 1.00. The standard InChI is InChI=1S/C11H14F10NO4S2.C6H14N/c1-3-22(2)6-4-5-7(22,27(23,24)10(18,19)8(12,13)14)28(25,26)11(20,21)9(15,16)17;1-7(2)5-3-4-6-7/h3-6H2,1-2H3;3-6H2,1-2H3/q2*+1. The lowest BCUT2D eigenvalue weighted by atomic mass is 10.4. The van der Waals surface area contributed by atoms with Crippen molar-refractivity contribution in [2.75, 3.05) is 47.3 Å². The van der Waals surface area contributed by atoms with Crippen molar-refractivity contribution in [1.29, 1.82) is 0 Å². The molecule has 0 bridgehead atoms. The summed E-state index contributed by atoms with van der Waals surface area (Å²) in [6, 6.07) is 0. The van der Waals surface area contributed by atoms with Crippen LogP contribution < -0.4 is 0 Å². The van der Waals surface area contributed by atoms with Gasteiger partial charge < -0.3 is 4.48 Å². The summed E-state index contributed by atoms with van der Waals surface area (Å²) < 4.78 is 175. The van der Waals surface area contributed by atoms with Gasteiger partial charge in [0.05, 0.1) is 47.3 Å². The van der Waals surface area contributed by atoms with E-state index in [9.17, 15) is 60.7 Å². The fourth-order valence-corrected chi connectivity index (χ4v) is 10.0. The zero-order valence-electron chi connectivity index (χ0n) is 19.3. The van der Waals surface area contributed by atoms with Gasteiger partial charge in [0.1, 0.15) is 0 Å². The quantitative estimate of drug-likeness (QED) is 0.367. The molecule has 1 unspecified atom stereocenters. The van der Waals surface area contributed by atoms with E-state index in [0.717, 1.165) is 6.92 Å². The highest BCUT2D eigenvalue weighted by molar-refractivity contribution is 8.11. The van der Waals surface area contributed by atoms with E-state index in [1.54, 1.807) is 0 Å². The molecule has 2 heterocycles. The summed E-state index contributed by atoms with van der Waals surface area (Å²) in [5.41, 5.74) is 0. The highest BCUT2D eigenvalue weighted by Gasteiger charge is 2.88. The van der Waals surface area contributed by atoms with Crippen LogP contribution in [0, 0.1) is 0 Å². The Kier molecular flexibility index (Phi) is 8.40. The van der Waals surface area contributed by atoms with Gasteiger partial charge >= 0.3 is 27.1 Å². The Labute approximate surface area is 196 Å². The van der Waals surface area contributed by atoms with E-state index >= 15 is 0 Å². The molecular formula is C17H28F10N2O4S2+2. The van der Waals surface area contributed by atoms with Crippen LogP contribution in [0.1, 0.15) is 32.6 Å². The van der Waals surface area contributed by atoms with Gasteiger partial charge in [0.2, 0.25) is 0 Å². The maximum absolute atomic E-state index is 13.8. The number of nitrogens with zero attached hydrogens (tertiary/aromatic N) is 2. The van der Waals surface area contributed by atoms with Crippen LogP contribution in [-0.4, -0.2) is 100 Å². The van der Waals surface area contributed by atoms with Crippen molar-refractivity contribution in [3.8, 4) is 0 Å². The molecule has 18 heteroatoms. The van der Waals surface area contributed by atoms with Crippen LogP contribution in [0.4, 0.5) is 43.9 Å². The molecule has 2 saturated heterocycles. The van der Waals surface area contributed by atoms with Crippen molar-refractivity contribution >= 4 is 19.7 Å². The van der Waals surface area contributed by atoms with Crippen LogP contribution in [0.25, 0.3) is 0 Å². The molecule has 0 aromatic carbocycles. The predicted octanol–water partition coefficient (Wildman–Crippen LogP) is 3.90. The number of rotatable bonds is 5. The zero-order chi connectivity index (χ0) is 28.2. The third-order valence-corrected chi connectivity index (χ3v) is 12.7. The van der Waals surface area contributed by atoms with E-state index in [1.165, 1.54) is 30.4 Å². The van der Waals surface area contributed by atoms with Crippen LogP contribution in [0.5, 0.6) is 0 Å². The second kappa shape index (κ2) is 9.15.